The number of nitrogen functional groups attached to an aromatic ring is 1. The van der Waals surface area contributed by atoms with E-state index in [-0.39, 0.29) is 5.56 Å². The van der Waals surface area contributed by atoms with E-state index < -0.39 is 11.7 Å². The molecule has 0 unspecified atom stereocenters. The number of nitrogens with zero attached hydrogens (tertiary/aromatic N) is 1. The predicted molar refractivity (Wildman–Crippen MR) is 88.2 cm³/mol. The van der Waals surface area contributed by atoms with Crippen molar-refractivity contribution in [3.8, 4) is 0 Å². The molecule has 0 aliphatic heterocycles. The van der Waals surface area contributed by atoms with Crippen molar-refractivity contribution in [2.75, 3.05) is 19.9 Å². The van der Waals surface area contributed by atoms with Gasteiger partial charge in [-0.2, -0.15) is 0 Å². The second-order valence-electron chi connectivity index (χ2n) is 4.41. The molecule has 0 heterocycles. The van der Waals surface area contributed by atoms with E-state index in [1.807, 2.05) is 24.3 Å². The highest BCUT2D eigenvalue weighted by atomic mass is 79.9. The number of carbonyl (C=O) groups excluding carboxylic acids is 1. The van der Waals surface area contributed by atoms with Crippen LogP contribution in [0.4, 0.5) is 10.1 Å². The highest BCUT2D eigenvalue weighted by Gasteiger charge is 2.18. The summed E-state index contributed by atoms with van der Waals surface area (Å²) in [4.78, 5) is 18.2. The van der Waals surface area contributed by atoms with Crippen LogP contribution in [0.1, 0.15) is 10.4 Å². The van der Waals surface area contributed by atoms with Crippen molar-refractivity contribution < 1.29 is 14.0 Å². The lowest BCUT2D eigenvalue weighted by molar-refractivity contribution is -0.0759. The molecule has 0 fully saturated rings. The van der Waals surface area contributed by atoms with Gasteiger partial charge in [0.2, 0.25) is 0 Å². The summed E-state index contributed by atoms with van der Waals surface area (Å²) in [6, 6.07) is 10.2. The number of nitrogens with two attached hydrogens (primary N) is 1. The molecule has 0 aromatic heterocycles. The third-order valence-corrected chi connectivity index (χ3v) is 4.54. The first-order chi connectivity index (χ1) is 10.4. The van der Waals surface area contributed by atoms with Crippen molar-refractivity contribution in [3.05, 3.63) is 52.3 Å². The van der Waals surface area contributed by atoms with Crippen molar-refractivity contribution in [2.24, 2.45) is 0 Å². The average Bonchev–Trinajstić information content (AvgIpc) is 2.51. The summed E-state index contributed by atoms with van der Waals surface area (Å²) >= 11 is 4.68. The number of hydrogen-bond donors (Lipinski definition) is 1. The summed E-state index contributed by atoms with van der Waals surface area (Å²) in [7, 11) is 2.74. The van der Waals surface area contributed by atoms with Gasteiger partial charge in [0.05, 0.1) is 12.7 Å². The lowest BCUT2D eigenvalue weighted by atomic mass is 10.1. The maximum atomic E-state index is 14.2. The maximum absolute atomic E-state index is 14.2. The summed E-state index contributed by atoms with van der Waals surface area (Å²) < 4.78 is 15.1. The molecule has 0 aliphatic rings. The standard InChI is InChI=1S/C15H14BrFN2O2S/c1-19(21-2)15(20)11-7-13(18)14(8-12(11)17)22-10-5-3-9(16)4-6-10/h3-8H,18H2,1-2H3. The Labute approximate surface area is 140 Å². The number of hydrogen-bond acceptors (Lipinski definition) is 4. The maximum Gasteiger partial charge on any atom is 0.280 e. The molecule has 1 amide bonds. The molecule has 116 valence electrons. The third kappa shape index (κ3) is 3.79. The first kappa shape index (κ1) is 16.8. The fraction of sp³-hybridized carbons (Fsp3) is 0.133. The van der Waals surface area contributed by atoms with E-state index in [1.165, 1.54) is 38.1 Å². The van der Waals surface area contributed by atoms with Crippen LogP contribution >= 0.6 is 27.7 Å². The highest BCUT2D eigenvalue weighted by Crippen LogP contribution is 2.34. The van der Waals surface area contributed by atoms with Gasteiger partial charge < -0.3 is 5.73 Å². The van der Waals surface area contributed by atoms with Crippen molar-refractivity contribution in [3.63, 3.8) is 0 Å². The second kappa shape index (κ2) is 7.13. The van der Waals surface area contributed by atoms with Crippen molar-refractivity contribution >= 4 is 39.3 Å². The molecular formula is C15H14BrFN2O2S. The molecule has 0 atom stereocenters. The minimum Gasteiger partial charge on any atom is -0.398 e. The number of carbonyl (C=O) groups is 1. The quantitative estimate of drug-likeness (QED) is 0.640. The Bertz CT molecular complexity index is 695. The molecule has 0 saturated carbocycles. The summed E-state index contributed by atoms with van der Waals surface area (Å²) in [5, 5.41) is 0.944. The minimum atomic E-state index is -0.636. The van der Waals surface area contributed by atoms with Crippen LogP contribution in [0.25, 0.3) is 0 Å². The Hall–Kier alpha value is -1.57. The van der Waals surface area contributed by atoms with Crippen molar-refractivity contribution in [1.29, 1.82) is 0 Å². The molecule has 2 aromatic rings. The van der Waals surface area contributed by atoms with Crippen LogP contribution in [-0.2, 0) is 4.84 Å². The summed E-state index contributed by atoms with van der Waals surface area (Å²) in [6.45, 7) is 0. The molecule has 0 saturated heterocycles. The summed E-state index contributed by atoms with van der Waals surface area (Å²) in [6.07, 6.45) is 0. The van der Waals surface area contributed by atoms with E-state index in [1.54, 1.807) is 0 Å². The SMILES string of the molecule is CON(C)C(=O)c1cc(N)c(Sc2ccc(Br)cc2)cc1F. The molecular weight excluding hydrogens is 371 g/mol. The van der Waals surface area contributed by atoms with Gasteiger partial charge >= 0.3 is 0 Å². The van der Waals surface area contributed by atoms with Gasteiger partial charge in [0.15, 0.2) is 0 Å². The second-order valence-corrected chi connectivity index (χ2v) is 6.44. The molecule has 7 heteroatoms. The first-order valence-corrected chi connectivity index (χ1v) is 7.88. The third-order valence-electron chi connectivity index (χ3n) is 2.93. The number of hydroxylamine groups is 2. The van der Waals surface area contributed by atoms with Crippen molar-refractivity contribution in [2.45, 2.75) is 9.79 Å². The highest BCUT2D eigenvalue weighted by molar-refractivity contribution is 9.10. The smallest absolute Gasteiger partial charge is 0.280 e. The van der Waals surface area contributed by atoms with Gasteiger partial charge in [0.1, 0.15) is 5.82 Å². The van der Waals surface area contributed by atoms with Gasteiger partial charge in [-0.15, -0.1) is 0 Å². The molecule has 4 nitrogen and oxygen atoms in total. The Morgan fingerprint density at radius 3 is 2.55 bits per heavy atom. The first-order valence-electron chi connectivity index (χ1n) is 6.27. The van der Waals surface area contributed by atoms with Crippen LogP contribution in [0.5, 0.6) is 0 Å². The van der Waals surface area contributed by atoms with E-state index >= 15 is 0 Å². The number of halogens is 2. The van der Waals surface area contributed by atoms with E-state index in [9.17, 15) is 9.18 Å². The Morgan fingerprint density at radius 1 is 1.32 bits per heavy atom. The number of anilines is 1. The molecule has 2 aromatic carbocycles. The number of rotatable bonds is 4. The van der Waals surface area contributed by atoms with Crippen LogP contribution in [0.2, 0.25) is 0 Å². The molecule has 0 radical (unpaired) electrons. The lowest BCUT2D eigenvalue weighted by Gasteiger charge is -2.15. The lowest BCUT2D eigenvalue weighted by Crippen LogP contribution is -2.26. The number of amides is 1. The van der Waals surface area contributed by atoms with Gasteiger partial charge in [-0.05, 0) is 36.4 Å². The largest absolute Gasteiger partial charge is 0.398 e. The minimum absolute atomic E-state index is 0.123. The van der Waals surface area contributed by atoms with Crippen LogP contribution < -0.4 is 5.73 Å². The zero-order chi connectivity index (χ0) is 16.3. The van der Waals surface area contributed by atoms with Crippen LogP contribution in [-0.4, -0.2) is 25.1 Å². The Kier molecular flexibility index (Phi) is 5.44. The summed E-state index contributed by atoms with van der Waals surface area (Å²) in [5.74, 6) is -1.23. The molecule has 22 heavy (non-hydrogen) atoms. The average molecular weight is 385 g/mol. The van der Waals surface area contributed by atoms with Gasteiger partial charge in [0, 0.05) is 27.0 Å². The fourth-order valence-corrected chi connectivity index (χ4v) is 2.84. The van der Waals surface area contributed by atoms with Crippen molar-refractivity contribution in [1.82, 2.24) is 5.06 Å². The zero-order valence-corrected chi connectivity index (χ0v) is 14.4. The molecule has 2 N–H and O–H groups in total. The van der Waals surface area contributed by atoms with Crippen LogP contribution in [0, 0.1) is 5.82 Å². The zero-order valence-electron chi connectivity index (χ0n) is 12.0. The summed E-state index contributed by atoms with van der Waals surface area (Å²) in [5.41, 5.74) is 6.15. The molecule has 0 spiro atoms. The van der Waals surface area contributed by atoms with Gasteiger partial charge in [-0.3, -0.25) is 9.63 Å². The Morgan fingerprint density at radius 2 is 1.95 bits per heavy atom. The topological polar surface area (TPSA) is 55.6 Å². The molecule has 0 bridgehead atoms. The molecule has 2 rings (SSSR count). The number of benzene rings is 2. The van der Waals surface area contributed by atoms with Gasteiger partial charge in [-0.1, -0.05) is 27.7 Å². The predicted octanol–water partition coefficient (Wildman–Crippen LogP) is 3.96. The Balaban J connectivity index is 2.30. The van der Waals surface area contributed by atoms with E-state index in [2.05, 4.69) is 15.9 Å². The van der Waals surface area contributed by atoms with Crippen LogP contribution in [0.15, 0.2) is 50.7 Å². The van der Waals surface area contributed by atoms with E-state index in [4.69, 9.17) is 10.6 Å². The fourth-order valence-electron chi connectivity index (χ4n) is 1.71. The molecule has 0 aliphatic carbocycles. The van der Waals surface area contributed by atoms with Gasteiger partial charge in [-0.25, -0.2) is 9.45 Å². The normalized spacial score (nSPS) is 10.5. The van der Waals surface area contributed by atoms with Crippen LogP contribution in [0.3, 0.4) is 0 Å². The van der Waals surface area contributed by atoms with E-state index in [0.29, 0.717) is 10.6 Å². The van der Waals surface area contributed by atoms with E-state index in [0.717, 1.165) is 14.4 Å². The monoisotopic (exact) mass is 384 g/mol. The van der Waals surface area contributed by atoms with Gasteiger partial charge in [0.25, 0.3) is 5.91 Å².